The quantitative estimate of drug-likeness (QED) is 0.881. The molecule has 2 heterocycles. The Morgan fingerprint density at radius 1 is 1.26 bits per heavy atom. The van der Waals surface area contributed by atoms with Crippen LogP contribution in [0, 0.1) is 6.92 Å². The summed E-state index contributed by atoms with van der Waals surface area (Å²) in [5.41, 5.74) is 3.61. The van der Waals surface area contributed by atoms with Crippen molar-refractivity contribution >= 4 is 11.3 Å². The first-order valence-electron chi connectivity index (χ1n) is 6.73. The molecule has 0 aliphatic heterocycles. The van der Waals surface area contributed by atoms with Crippen LogP contribution in [0.2, 0.25) is 0 Å². The van der Waals surface area contributed by atoms with Crippen LogP contribution < -0.4 is 5.32 Å². The summed E-state index contributed by atoms with van der Waals surface area (Å²) in [4.78, 5) is 9.05. The Labute approximate surface area is 119 Å². The van der Waals surface area contributed by atoms with Crippen molar-refractivity contribution in [3.63, 3.8) is 0 Å². The molecule has 0 fully saturated rings. The standard InChI is InChI=1S/C15H21N3S/c1-4-12-5-6-13(17-9-12)7-14(16-3)8-15-10-19-11(2)18-15/h5-6,9-10,14,16H,4,7-8H2,1-3H3. The first-order chi connectivity index (χ1) is 9.21. The molecule has 1 N–H and O–H groups in total. The second-order valence-corrected chi connectivity index (χ2v) is 5.83. The van der Waals surface area contributed by atoms with Gasteiger partial charge in [-0.25, -0.2) is 4.98 Å². The van der Waals surface area contributed by atoms with E-state index in [0.29, 0.717) is 6.04 Å². The Bertz CT molecular complexity index is 504. The first kappa shape index (κ1) is 14.2. The normalized spacial score (nSPS) is 12.6. The number of nitrogens with zero attached hydrogens (tertiary/aromatic N) is 2. The molecule has 102 valence electrons. The Morgan fingerprint density at radius 3 is 2.58 bits per heavy atom. The topological polar surface area (TPSA) is 37.8 Å². The molecule has 0 saturated carbocycles. The summed E-state index contributed by atoms with van der Waals surface area (Å²) in [6.45, 7) is 4.20. The lowest BCUT2D eigenvalue weighted by atomic mass is 10.1. The van der Waals surface area contributed by atoms with E-state index in [2.05, 4.69) is 39.7 Å². The number of rotatable bonds is 6. The summed E-state index contributed by atoms with van der Waals surface area (Å²) in [5.74, 6) is 0. The van der Waals surface area contributed by atoms with E-state index < -0.39 is 0 Å². The van der Waals surface area contributed by atoms with Gasteiger partial charge in [0.15, 0.2) is 0 Å². The van der Waals surface area contributed by atoms with E-state index >= 15 is 0 Å². The zero-order chi connectivity index (χ0) is 13.7. The van der Waals surface area contributed by atoms with Gasteiger partial charge >= 0.3 is 0 Å². The maximum Gasteiger partial charge on any atom is 0.0897 e. The van der Waals surface area contributed by atoms with Gasteiger partial charge in [-0.2, -0.15) is 0 Å². The van der Waals surface area contributed by atoms with Gasteiger partial charge < -0.3 is 5.32 Å². The van der Waals surface area contributed by atoms with E-state index in [1.165, 1.54) is 11.3 Å². The van der Waals surface area contributed by atoms with Gasteiger partial charge in [0.25, 0.3) is 0 Å². The number of aromatic nitrogens is 2. The summed E-state index contributed by atoms with van der Waals surface area (Å²) in [5, 5.41) is 6.64. The van der Waals surface area contributed by atoms with Crippen molar-refractivity contribution in [3.8, 4) is 0 Å². The number of nitrogens with one attached hydrogen (secondary N) is 1. The zero-order valence-corrected chi connectivity index (χ0v) is 12.6. The highest BCUT2D eigenvalue weighted by atomic mass is 32.1. The van der Waals surface area contributed by atoms with Gasteiger partial charge in [0, 0.05) is 36.2 Å². The van der Waals surface area contributed by atoms with Gasteiger partial charge in [-0.05, 0) is 32.0 Å². The summed E-state index contributed by atoms with van der Waals surface area (Å²) in [6, 6.07) is 4.69. The van der Waals surface area contributed by atoms with Crippen LogP contribution in [0.5, 0.6) is 0 Å². The minimum absolute atomic E-state index is 0.390. The third-order valence-electron chi connectivity index (χ3n) is 3.28. The van der Waals surface area contributed by atoms with Crippen LogP contribution in [-0.4, -0.2) is 23.1 Å². The number of thiazole rings is 1. The fraction of sp³-hybridized carbons (Fsp3) is 0.467. The van der Waals surface area contributed by atoms with Crippen LogP contribution in [0.4, 0.5) is 0 Å². The Morgan fingerprint density at radius 2 is 2.05 bits per heavy atom. The van der Waals surface area contributed by atoms with Gasteiger partial charge in [0.05, 0.1) is 10.7 Å². The summed E-state index contributed by atoms with van der Waals surface area (Å²) >= 11 is 1.71. The number of pyridine rings is 1. The molecule has 0 amide bonds. The monoisotopic (exact) mass is 275 g/mol. The highest BCUT2D eigenvalue weighted by molar-refractivity contribution is 7.09. The van der Waals surface area contributed by atoms with E-state index in [1.807, 2.05) is 20.2 Å². The first-order valence-corrected chi connectivity index (χ1v) is 7.61. The Kier molecular flexibility index (Phi) is 5.05. The summed E-state index contributed by atoms with van der Waals surface area (Å²) in [6.07, 6.45) is 4.92. The van der Waals surface area contributed by atoms with Crippen LogP contribution in [-0.2, 0) is 19.3 Å². The predicted molar refractivity (Wildman–Crippen MR) is 80.7 cm³/mol. The fourth-order valence-corrected chi connectivity index (χ4v) is 2.69. The van der Waals surface area contributed by atoms with Gasteiger partial charge in [0.2, 0.25) is 0 Å². The smallest absolute Gasteiger partial charge is 0.0897 e. The van der Waals surface area contributed by atoms with Gasteiger partial charge in [-0.15, -0.1) is 11.3 Å². The molecule has 2 aromatic heterocycles. The second-order valence-electron chi connectivity index (χ2n) is 4.76. The molecule has 2 aromatic rings. The van der Waals surface area contributed by atoms with E-state index in [1.54, 1.807) is 11.3 Å². The van der Waals surface area contributed by atoms with Crippen LogP contribution in [0.3, 0.4) is 0 Å². The van der Waals surface area contributed by atoms with Crippen LogP contribution in [0.15, 0.2) is 23.7 Å². The molecule has 3 nitrogen and oxygen atoms in total. The third kappa shape index (κ3) is 4.11. The van der Waals surface area contributed by atoms with Crippen molar-refractivity contribution in [2.24, 2.45) is 0 Å². The largest absolute Gasteiger partial charge is 0.316 e. The highest BCUT2D eigenvalue weighted by Crippen LogP contribution is 2.12. The maximum atomic E-state index is 4.53. The van der Waals surface area contributed by atoms with Crippen LogP contribution in [0.1, 0.15) is 28.9 Å². The molecule has 1 unspecified atom stereocenters. The van der Waals surface area contributed by atoms with Gasteiger partial charge in [-0.3, -0.25) is 4.98 Å². The molecule has 0 spiro atoms. The van der Waals surface area contributed by atoms with Crippen molar-refractivity contribution in [1.29, 1.82) is 0 Å². The van der Waals surface area contributed by atoms with E-state index in [4.69, 9.17) is 0 Å². The molecule has 1 atom stereocenters. The molecule has 4 heteroatoms. The number of hydrogen-bond acceptors (Lipinski definition) is 4. The minimum Gasteiger partial charge on any atom is -0.316 e. The maximum absolute atomic E-state index is 4.53. The van der Waals surface area contributed by atoms with Crippen molar-refractivity contribution in [2.75, 3.05) is 7.05 Å². The zero-order valence-electron chi connectivity index (χ0n) is 11.8. The Hall–Kier alpha value is -1.26. The molecule has 0 radical (unpaired) electrons. The van der Waals surface area contributed by atoms with Crippen LogP contribution in [0.25, 0.3) is 0 Å². The fourth-order valence-electron chi connectivity index (χ4n) is 2.07. The molecular weight excluding hydrogens is 254 g/mol. The number of hydrogen-bond donors (Lipinski definition) is 1. The van der Waals surface area contributed by atoms with E-state index in [0.717, 1.165) is 30.0 Å². The van der Waals surface area contributed by atoms with Gasteiger partial charge in [0.1, 0.15) is 0 Å². The lowest BCUT2D eigenvalue weighted by Crippen LogP contribution is -2.30. The second kappa shape index (κ2) is 6.78. The highest BCUT2D eigenvalue weighted by Gasteiger charge is 2.11. The number of aryl methyl sites for hydroxylation is 2. The van der Waals surface area contributed by atoms with Crippen molar-refractivity contribution in [1.82, 2.24) is 15.3 Å². The lowest BCUT2D eigenvalue weighted by Gasteiger charge is -2.14. The van der Waals surface area contributed by atoms with Crippen molar-refractivity contribution < 1.29 is 0 Å². The van der Waals surface area contributed by atoms with Gasteiger partial charge in [-0.1, -0.05) is 13.0 Å². The SMILES string of the molecule is CCc1ccc(CC(Cc2csc(C)n2)NC)nc1. The molecule has 2 rings (SSSR count). The molecule has 0 aliphatic rings. The lowest BCUT2D eigenvalue weighted by molar-refractivity contribution is 0.545. The van der Waals surface area contributed by atoms with Crippen molar-refractivity contribution in [3.05, 3.63) is 45.7 Å². The summed E-state index contributed by atoms with van der Waals surface area (Å²) < 4.78 is 0. The molecule has 0 bridgehead atoms. The van der Waals surface area contributed by atoms with Crippen molar-refractivity contribution in [2.45, 2.75) is 39.2 Å². The molecule has 19 heavy (non-hydrogen) atoms. The third-order valence-corrected chi connectivity index (χ3v) is 4.10. The van der Waals surface area contributed by atoms with E-state index in [-0.39, 0.29) is 0 Å². The molecule has 0 aliphatic carbocycles. The molecule has 0 saturated heterocycles. The number of likely N-dealkylation sites (N-methyl/N-ethyl adjacent to an activating group) is 1. The van der Waals surface area contributed by atoms with Crippen LogP contribution >= 0.6 is 11.3 Å². The predicted octanol–water partition coefficient (Wildman–Crippen LogP) is 2.78. The summed E-state index contributed by atoms with van der Waals surface area (Å²) in [7, 11) is 2.00. The minimum atomic E-state index is 0.390. The molecule has 0 aromatic carbocycles. The average Bonchev–Trinajstić information content (AvgIpc) is 2.84. The molecular formula is C15H21N3S. The Balaban J connectivity index is 1.97. The average molecular weight is 275 g/mol. The van der Waals surface area contributed by atoms with E-state index in [9.17, 15) is 0 Å².